The van der Waals surface area contributed by atoms with Gasteiger partial charge in [-0.15, -0.1) is 0 Å². The maximum atomic E-state index is 12.7. The van der Waals surface area contributed by atoms with E-state index in [1.165, 1.54) is 12.1 Å². The molecular weight excluding hydrogens is 260 g/mol. The molecule has 0 aliphatic carbocycles. The Morgan fingerprint density at radius 2 is 1.85 bits per heavy atom. The molecule has 3 nitrogen and oxygen atoms in total. The first-order valence-electron chi connectivity index (χ1n) is 6.42. The fraction of sp³-hybridized carbons (Fsp3) is 0.333. The Bertz CT molecular complexity index is 601. The monoisotopic (exact) mass is 277 g/mol. The Morgan fingerprint density at radius 1 is 1.15 bits per heavy atom. The second-order valence-corrected chi connectivity index (χ2v) is 5.01. The number of anilines is 1. The van der Waals surface area contributed by atoms with Crippen LogP contribution in [-0.2, 0) is 0 Å². The van der Waals surface area contributed by atoms with E-state index in [0.717, 1.165) is 11.3 Å². The normalized spacial score (nSPS) is 11.3. The van der Waals surface area contributed by atoms with Gasteiger partial charge < -0.3 is 5.73 Å². The number of aromatic nitrogens is 2. The Labute approximate surface area is 116 Å². The molecule has 5 heteroatoms. The zero-order chi connectivity index (χ0) is 14.9. The Hall–Kier alpha value is -2.04. The maximum Gasteiger partial charge on any atom is 0.263 e. The third kappa shape index (κ3) is 2.76. The summed E-state index contributed by atoms with van der Waals surface area (Å²) in [5, 5.41) is 0. The number of hydrogen-bond donors (Lipinski definition) is 1. The van der Waals surface area contributed by atoms with E-state index in [1.807, 2.05) is 20.8 Å². The highest BCUT2D eigenvalue weighted by atomic mass is 19.3. The van der Waals surface area contributed by atoms with Gasteiger partial charge in [0.2, 0.25) is 0 Å². The molecule has 0 aliphatic rings. The Balaban J connectivity index is 2.51. The lowest BCUT2D eigenvalue weighted by Gasteiger charge is -2.13. The second kappa shape index (κ2) is 5.53. The Morgan fingerprint density at radius 3 is 2.40 bits per heavy atom. The topological polar surface area (TPSA) is 51.8 Å². The molecule has 0 fully saturated rings. The van der Waals surface area contributed by atoms with Crippen molar-refractivity contribution in [2.75, 3.05) is 5.73 Å². The number of nitrogens with zero attached hydrogens (tertiary/aromatic N) is 2. The lowest BCUT2D eigenvalue weighted by Crippen LogP contribution is -2.06. The number of nitrogens with two attached hydrogens (primary N) is 1. The standard InChI is InChI=1S/C15H17F2N3/c1-8(2)12-9(3)19-15(20-14(12)18)11-6-4-5-10(7-11)13(16)17/h4-8,13H,1-3H3,(H2,18,19,20). The summed E-state index contributed by atoms with van der Waals surface area (Å²) in [6, 6.07) is 6.05. The summed E-state index contributed by atoms with van der Waals surface area (Å²) >= 11 is 0. The summed E-state index contributed by atoms with van der Waals surface area (Å²) in [6.07, 6.45) is -2.51. The molecule has 2 aromatic rings. The highest BCUT2D eigenvalue weighted by Crippen LogP contribution is 2.28. The third-order valence-corrected chi connectivity index (χ3v) is 3.14. The summed E-state index contributed by atoms with van der Waals surface area (Å²) in [6.45, 7) is 5.88. The van der Waals surface area contributed by atoms with E-state index >= 15 is 0 Å². The molecule has 106 valence electrons. The largest absolute Gasteiger partial charge is 0.383 e. The minimum atomic E-state index is -2.51. The summed E-state index contributed by atoms with van der Waals surface area (Å²) < 4.78 is 25.5. The van der Waals surface area contributed by atoms with Crippen molar-refractivity contribution in [3.63, 3.8) is 0 Å². The first-order chi connectivity index (χ1) is 9.40. The van der Waals surface area contributed by atoms with Crippen LogP contribution < -0.4 is 5.73 Å². The average molecular weight is 277 g/mol. The van der Waals surface area contributed by atoms with Crippen LogP contribution in [0.1, 0.15) is 43.0 Å². The van der Waals surface area contributed by atoms with Crippen molar-refractivity contribution in [3.05, 3.63) is 41.1 Å². The first-order valence-corrected chi connectivity index (χ1v) is 6.42. The van der Waals surface area contributed by atoms with Gasteiger partial charge in [0.25, 0.3) is 6.43 Å². The van der Waals surface area contributed by atoms with Gasteiger partial charge in [0.15, 0.2) is 5.82 Å². The molecule has 1 heterocycles. The van der Waals surface area contributed by atoms with E-state index in [2.05, 4.69) is 9.97 Å². The summed E-state index contributed by atoms with van der Waals surface area (Å²) in [5.74, 6) is 1.01. The number of aryl methyl sites for hydroxylation is 1. The van der Waals surface area contributed by atoms with Crippen LogP contribution in [0, 0.1) is 6.92 Å². The zero-order valence-corrected chi connectivity index (χ0v) is 11.7. The molecule has 0 saturated carbocycles. The smallest absolute Gasteiger partial charge is 0.263 e. The highest BCUT2D eigenvalue weighted by Gasteiger charge is 2.14. The lowest BCUT2D eigenvalue weighted by atomic mass is 10.0. The molecular formula is C15H17F2N3. The first kappa shape index (κ1) is 14.4. The van der Waals surface area contributed by atoms with Crippen LogP contribution in [0.15, 0.2) is 24.3 Å². The summed E-state index contributed by atoms with van der Waals surface area (Å²) in [5.41, 5.74) is 8.15. The minimum absolute atomic E-state index is 0.0461. The fourth-order valence-corrected chi connectivity index (χ4v) is 2.26. The van der Waals surface area contributed by atoms with Gasteiger partial charge in [-0.2, -0.15) is 0 Å². The highest BCUT2D eigenvalue weighted by molar-refractivity contribution is 5.60. The summed E-state index contributed by atoms with van der Waals surface area (Å²) in [4.78, 5) is 8.64. The molecule has 0 radical (unpaired) electrons. The van der Waals surface area contributed by atoms with Gasteiger partial charge in [0.05, 0.1) is 0 Å². The van der Waals surface area contributed by atoms with Gasteiger partial charge in [-0.3, -0.25) is 0 Å². The molecule has 20 heavy (non-hydrogen) atoms. The molecule has 1 aromatic carbocycles. The average Bonchev–Trinajstić information content (AvgIpc) is 2.37. The molecule has 2 rings (SSSR count). The van der Waals surface area contributed by atoms with E-state index in [9.17, 15) is 8.78 Å². The van der Waals surface area contributed by atoms with Crippen LogP contribution in [0.25, 0.3) is 11.4 Å². The molecule has 0 bridgehead atoms. The molecule has 0 aliphatic heterocycles. The fourth-order valence-electron chi connectivity index (χ4n) is 2.26. The van der Waals surface area contributed by atoms with Crippen molar-refractivity contribution in [1.29, 1.82) is 0 Å². The van der Waals surface area contributed by atoms with E-state index in [0.29, 0.717) is 17.2 Å². The van der Waals surface area contributed by atoms with Crippen LogP contribution in [0.5, 0.6) is 0 Å². The van der Waals surface area contributed by atoms with Crippen molar-refractivity contribution < 1.29 is 8.78 Å². The number of alkyl halides is 2. The molecule has 0 saturated heterocycles. The maximum absolute atomic E-state index is 12.7. The quantitative estimate of drug-likeness (QED) is 0.919. The molecule has 0 atom stereocenters. The molecule has 1 aromatic heterocycles. The van der Waals surface area contributed by atoms with Gasteiger partial charge in [0.1, 0.15) is 5.82 Å². The number of nitrogen functional groups attached to an aromatic ring is 1. The summed E-state index contributed by atoms with van der Waals surface area (Å²) in [7, 11) is 0. The predicted octanol–water partition coefficient (Wildman–Crippen LogP) is 4.10. The number of halogens is 2. The third-order valence-electron chi connectivity index (χ3n) is 3.14. The van der Waals surface area contributed by atoms with Crippen LogP contribution in [0.3, 0.4) is 0 Å². The van der Waals surface area contributed by atoms with Gasteiger partial charge in [-0.1, -0.05) is 32.0 Å². The van der Waals surface area contributed by atoms with Crippen LogP contribution in [0.2, 0.25) is 0 Å². The number of rotatable bonds is 3. The SMILES string of the molecule is Cc1nc(-c2cccc(C(F)F)c2)nc(N)c1C(C)C. The van der Waals surface area contributed by atoms with Crippen LogP contribution >= 0.6 is 0 Å². The van der Waals surface area contributed by atoms with Crippen molar-refractivity contribution >= 4 is 5.82 Å². The number of benzene rings is 1. The van der Waals surface area contributed by atoms with Gasteiger partial charge in [0, 0.05) is 22.4 Å². The molecule has 0 unspecified atom stereocenters. The van der Waals surface area contributed by atoms with Gasteiger partial charge in [-0.25, -0.2) is 18.7 Å². The molecule has 2 N–H and O–H groups in total. The van der Waals surface area contributed by atoms with Crippen LogP contribution in [-0.4, -0.2) is 9.97 Å². The number of hydrogen-bond acceptors (Lipinski definition) is 3. The second-order valence-electron chi connectivity index (χ2n) is 5.01. The van der Waals surface area contributed by atoms with E-state index < -0.39 is 6.43 Å². The van der Waals surface area contributed by atoms with Crippen LogP contribution in [0.4, 0.5) is 14.6 Å². The molecule has 0 amide bonds. The minimum Gasteiger partial charge on any atom is -0.383 e. The predicted molar refractivity (Wildman–Crippen MR) is 75.7 cm³/mol. The zero-order valence-electron chi connectivity index (χ0n) is 11.7. The van der Waals surface area contributed by atoms with Crippen molar-refractivity contribution in [1.82, 2.24) is 9.97 Å². The molecule has 0 spiro atoms. The van der Waals surface area contributed by atoms with Gasteiger partial charge in [-0.05, 0) is 18.9 Å². The van der Waals surface area contributed by atoms with Crippen molar-refractivity contribution in [2.45, 2.75) is 33.1 Å². The Kier molecular flexibility index (Phi) is 3.97. The van der Waals surface area contributed by atoms with E-state index in [1.54, 1.807) is 12.1 Å². The van der Waals surface area contributed by atoms with Crippen molar-refractivity contribution in [2.24, 2.45) is 0 Å². The van der Waals surface area contributed by atoms with E-state index in [4.69, 9.17) is 5.73 Å². The van der Waals surface area contributed by atoms with Crippen molar-refractivity contribution in [3.8, 4) is 11.4 Å². The van der Waals surface area contributed by atoms with Gasteiger partial charge >= 0.3 is 0 Å². The van der Waals surface area contributed by atoms with E-state index in [-0.39, 0.29) is 11.5 Å². The lowest BCUT2D eigenvalue weighted by molar-refractivity contribution is 0.151.